The van der Waals surface area contributed by atoms with Gasteiger partial charge in [-0.25, -0.2) is 19.9 Å². The Labute approximate surface area is 183 Å². The summed E-state index contributed by atoms with van der Waals surface area (Å²) in [6, 6.07) is 2.37. The molecule has 5 rings (SSSR count). The number of aromatic nitrogens is 8. The minimum Gasteiger partial charge on any atom is -0.362 e. The molecule has 0 aliphatic heterocycles. The fourth-order valence-corrected chi connectivity index (χ4v) is 4.65. The minimum atomic E-state index is 0.309. The standard InChI is InChI=1S/C21H23N9S/c1-12(2)30-9-5-14(28-30)17-13(3)16-18(25-11-15-22-6-7-23-15)26-19(27-21(16)31-17)20-24-8-10-29(20)4/h5-10,12H,11H2,1-4H3,(H,22,23)(H,25,26,27). The minimum absolute atomic E-state index is 0.309. The molecule has 158 valence electrons. The lowest BCUT2D eigenvalue weighted by atomic mass is 10.1. The molecule has 5 heterocycles. The third kappa shape index (κ3) is 3.48. The van der Waals surface area contributed by atoms with Crippen molar-refractivity contribution >= 4 is 27.4 Å². The molecule has 0 saturated heterocycles. The van der Waals surface area contributed by atoms with Crippen LogP contribution in [0.25, 0.3) is 32.4 Å². The van der Waals surface area contributed by atoms with Gasteiger partial charge in [-0.2, -0.15) is 5.10 Å². The van der Waals surface area contributed by atoms with Gasteiger partial charge in [-0.05, 0) is 32.4 Å². The summed E-state index contributed by atoms with van der Waals surface area (Å²) in [5.41, 5.74) is 2.06. The number of H-pyrrole nitrogens is 1. The molecular formula is C21H23N9S. The summed E-state index contributed by atoms with van der Waals surface area (Å²) in [5.74, 6) is 2.92. The second-order valence-electron chi connectivity index (χ2n) is 7.66. The summed E-state index contributed by atoms with van der Waals surface area (Å²) in [4.78, 5) is 23.6. The lowest BCUT2D eigenvalue weighted by Gasteiger charge is -2.09. The largest absolute Gasteiger partial charge is 0.362 e. The number of rotatable bonds is 6. The number of thiophene rings is 1. The Morgan fingerprint density at radius 3 is 2.71 bits per heavy atom. The zero-order valence-electron chi connectivity index (χ0n) is 17.8. The molecule has 0 saturated carbocycles. The second-order valence-corrected chi connectivity index (χ2v) is 8.66. The molecule has 10 heteroatoms. The predicted octanol–water partition coefficient (Wildman–Crippen LogP) is 4.18. The van der Waals surface area contributed by atoms with Crippen LogP contribution in [0.3, 0.4) is 0 Å². The summed E-state index contributed by atoms with van der Waals surface area (Å²) >= 11 is 1.63. The van der Waals surface area contributed by atoms with Gasteiger partial charge in [0, 0.05) is 44.1 Å². The van der Waals surface area contributed by atoms with Gasteiger partial charge in [-0.15, -0.1) is 11.3 Å². The summed E-state index contributed by atoms with van der Waals surface area (Å²) in [6.45, 7) is 6.88. The van der Waals surface area contributed by atoms with Gasteiger partial charge in [-0.3, -0.25) is 4.68 Å². The number of nitrogens with zero attached hydrogens (tertiary/aromatic N) is 7. The monoisotopic (exact) mass is 433 g/mol. The lowest BCUT2D eigenvalue weighted by molar-refractivity contribution is 0.534. The Kier molecular flexibility index (Phi) is 4.78. The zero-order chi connectivity index (χ0) is 21.5. The zero-order valence-corrected chi connectivity index (χ0v) is 18.6. The first-order chi connectivity index (χ1) is 15.0. The van der Waals surface area contributed by atoms with Crippen molar-refractivity contribution < 1.29 is 0 Å². The molecule has 0 aromatic carbocycles. The van der Waals surface area contributed by atoms with E-state index in [-0.39, 0.29) is 0 Å². The van der Waals surface area contributed by atoms with E-state index in [0.29, 0.717) is 18.4 Å². The van der Waals surface area contributed by atoms with Gasteiger partial charge < -0.3 is 14.9 Å². The Bertz CT molecular complexity index is 1340. The Hall–Kier alpha value is -3.53. The van der Waals surface area contributed by atoms with Crippen molar-refractivity contribution in [2.24, 2.45) is 7.05 Å². The third-order valence-electron chi connectivity index (χ3n) is 5.16. The van der Waals surface area contributed by atoms with Crippen LogP contribution in [0.5, 0.6) is 0 Å². The molecule has 31 heavy (non-hydrogen) atoms. The van der Waals surface area contributed by atoms with Gasteiger partial charge in [0.15, 0.2) is 11.6 Å². The van der Waals surface area contributed by atoms with E-state index in [4.69, 9.17) is 15.1 Å². The average molecular weight is 434 g/mol. The first-order valence-corrected chi connectivity index (χ1v) is 10.9. The Morgan fingerprint density at radius 2 is 2.03 bits per heavy atom. The van der Waals surface area contributed by atoms with Crippen molar-refractivity contribution in [1.82, 2.24) is 39.3 Å². The van der Waals surface area contributed by atoms with Crippen LogP contribution in [0.4, 0.5) is 5.82 Å². The summed E-state index contributed by atoms with van der Waals surface area (Å²) in [6.07, 6.45) is 9.21. The fraction of sp³-hybridized carbons (Fsp3) is 0.286. The molecule has 0 aliphatic rings. The number of anilines is 1. The normalized spacial score (nSPS) is 11.6. The summed E-state index contributed by atoms with van der Waals surface area (Å²) in [7, 11) is 1.94. The van der Waals surface area contributed by atoms with Crippen LogP contribution in [-0.2, 0) is 13.6 Å². The average Bonchev–Trinajstić information content (AvgIpc) is 3.53. The molecule has 0 fully saturated rings. The van der Waals surface area contributed by atoms with E-state index in [1.54, 1.807) is 23.7 Å². The van der Waals surface area contributed by atoms with Crippen molar-refractivity contribution in [1.29, 1.82) is 0 Å². The Morgan fingerprint density at radius 1 is 1.16 bits per heavy atom. The van der Waals surface area contributed by atoms with E-state index in [0.717, 1.165) is 43.8 Å². The van der Waals surface area contributed by atoms with Crippen molar-refractivity contribution in [2.45, 2.75) is 33.4 Å². The van der Waals surface area contributed by atoms with Crippen molar-refractivity contribution in [3.8, 4) is 22.2 Å². The summed E-state index contributed by atoms with van der Waals surface area (Å²) in [5, 5.41) is 9.21. The van der Waals surface area contributed by atoms with Crippen molar-refractivity contribution in [3.05, 3.63) is 48.4 Å². The highest BCUT2D eigenvalue weighted by Crippen LogP contribution is 2.40. The van der Waals surface area contributed by atoms with Gasteiger partial charge in [0.25, 0.3) is 0 Å². The molecular weight excluding hydrogens is 410 g/mol. The van der Waals surface area contributed by atoms with Crippen LogP contribution in [-0.4, -0.2) is 39.3 Å². The van der Waals surface area contributed by atoms with Crippen LogP contribution >= 0.6 is 11.3 Å². The van der Waals surface area contributed by atoms with Crippen molar-refractivity contribution in [3.63, 3.8) is 0 Å². The first kappa shape index (κ1) is 19.4. The number of nitrogens with one attached hydrogen (secondary N) is 2. The number of hydrogen-bond acceptors (Lipinski definition) is 7. The number of aryl methyl sites for hydroxylation is 2. The van der Waals surface area contributed by atoms with Gasteiger partial charge in [-0.1, -0.05) is 0 Å². The highest BCUT2D eigenvalue weighted by atomic mass is 32.1. The van der Waals surface area contributed by atoms with E-state index in [2.05, 4.69) is 47.1 Å². The molecule has 0 radical (unpaired) electrons. The molecule has 5 aromatic heterocycles. The van der Waals surface area contributed by atoms with Gasteiger partial charge >= 0.3 is 0 Å². The molecule has 5 aromatic rings. The maximum absolute atomic E-state index is 4.86. The molecule has 0 bridgehead atoms. The number of aromatic amines is 1. The molecule has 0 atom stereocenters. The maximum atomic E-state index is 4.86. The topological polar surface area (TPSA) is 102 Å². The van der Waals surface area contributed by atoms with Crippen LogP contribution in [0.1, 0.15) is 31.3 Å². The smallest absolute Gasteiger partial charge is 0.199 e. The Balaban J connectivity index is 1.65. The number of hydrogen-bond donors (Lipinski definition) is 2. The van der Waals surface area contributed by atoms with E-state index in [9.17, 15) is 0 Å². The van der Waals surface area contributed by atoms with E-state index < -0.39 is 0 Å². The predicted molar refractivity (Wildman–Crippen MR) is 122 cm³/mol. The SMILES string of the molecule is Cc1c(-c2ccn(C(C)C)n2)sc2nc(-c3nccn3C)nc(NCc3ncc[nH]3)c12. The van der Waals surface area contributed by atoms with Gasteiger partial charge in [0.1, 0.15) is 22.2 Å². The van der Waals surface area contributed by atoms with Crippen LogP contribution in [0, 0.1) is 6.92 Å². The molecule has 0 amide bonds. The molecule has 0 unspecified atom stereocenters. The van der Waals surface area contributed by atoms with E-state index in [1.807, 2.05) is 34.9 Å². The first-order valence-electron chi connectivity index (χ1n) is 10.1. The maximum Gasteiger partial charge on any atom is 0.199 e. The quantitative estimate of drug-likeness (QED) is 0.416. The van der Waals surface area contributed by atoms with Crippen molar-refractivity contribution in [2.75, 3.05) is 5.32 Å². The third-order valence-corrected chi connectivity index (χ3v) is 6.37. The van der Waals surface area contributed by atoms with E-state index in [1.165, 1.54) is 0 Å². The van der Waals surface area contributed by atoms with Gasteiger partial charge in [0.2, 0.25) is 0 Å². The van der Waals surface area contributed by atoms with Gasteiger partial charge in [0.05, 0.1) is 16.8 Å². The number of fused-ring (bicyclic) bond motifs is 1. The van der Waals surface area contributed by atoms with Crippen LogP contribution in [0.2, 0.25) is 0 Å². The van der Waals surface area contributed by atoms with E-state index >= 15 is 0 Å². The highest BCUT2D eigenvalue weighted by Gasteiger charge is 2.21. The molecule has 0 spiro atoms. The highest BCUT2D eigenvalue weighted by molar-refractivity contribution is 7.22. The second kappa shape index (κ2) is 7.62. The lowest BCUT2D eigenvalue weighted by Crippen LogP contribution is -2.06. The van der Waals surface area contributed by atoms with Crippen LogP contribution < -0.4 is 5.32 Å². The number of imidazole rings is 2. The molecule has 2 N–H and O–H groups in total. The fourth-order valence-electron chi connectivity index (χ4n) is 3.50. The van der Waals surface area contributed by atoms with Crippen LogP contribution in [0.15, 0.2) is 37.1 Å². The molecule has 0 aliphatic carbocycles. The molecule has 9 nitrogen and oxygen atoms in total. The summed E-state index contributed by atoms with van der Waals surface area (Å²) < 4.78 is 3.89.